The van der Waals surface area contributed by atoms with Gasteiger partial charge in [-0.1, -0.05) is 32.6 Å². The normalized spacial score (nSPS) is 21.4. The first-order valence-corrected chi connectivity index (χ1v) is 6.66. The molecule has 0 bridgehead atoms. The lowest BCUT2D eigenvalue weighted by molar-refractivity contribution is -0.138. The van der Waals surface area contributed by atoms with Crippen LogP contribution < -0.4 is 0 Å². The molecule has 3 nitrogen and oxygen atoms in total. The highest BCUT2D eigenvalue weighted by Crippen LogP contribution is 2.19. The van der Waals surface area contributed by atoms with E-state index in [9.17, 15) is 4.79 Å². The van der Waals surface area contributed by atoms with Gasteiger partial charge in [0, 0.05) is 13.0 Å². The number of hydrogen-bond donors (Lipinski definition) is 1. The van der Waals surface area contributed by atoms with E-state index < -0.39 is 5.97 Å². The van der Waals surface area contributed by atoms with Crippen molar-refractivity contribution >= 4 is 5.97 Å². The summed E-state index contributed by atoms with van der Waals surface area (Å²) >= 11 is 0. The average molecular weight is 227 g/mol. The van der Waals surface area contributed by atoms with Gasteiger partial charge >= 0.3 is 5.97 Å². The number of aliphatic carboxylic acids is 1. The molecule has 94 valence electrons. The quantitative estimate of drug-likeness (QED) is 0.648. The molecular weight excluding hydrogens is 202 g/mol. The van der Waals surface area contributed by atoms with Crippen molar-refractivity contribution in [2.24, 2.45) is 5.92 Å². The average Bonchev–Trinajstić information content (AvgIpc) is 2.64. The monoisotopic (exact) mass is 227 g/mol. The van der Waals surface area contributed by atoms with Crippen molar-refractivity contribution in [3.8, 4) is 0 Å². The van der Waals surface area contributed by atoms with Gasteiger partial charge in [0.05, 0.1) is 0 Å². The number of nitrogens with zero attached hydrogens (tertiary/aromatic N) is 1. The molecule has 0 aromatic rings. The van der Waals surface area contributed by atoms with Crippen LogP contribution in [0.5, 0.6) is 0 Å². The summed E-state index contributed by atoms with van der Waals surface area (Å²) in [6, 6.07) is 0. The van der Waals surface area contributed by atoms with Gasteiger partial charge in [0.1, 0.15) is 0 Å². The van der Waals surface area contributed by atoms with E-state index in [-0.39, 0.29) is 0 Å². The SMILES string of the molecule is CCCCCCCN1CCC(CC(=O)O)C1. The molecule has 1 aliphatic heterocycles. The lowest BCUT2D eigenvalue weighted by Gasteiger charge is -2.15. The third-order valence-corrected chi connectivity index (χ3v) is 3.41. The number of likely N-dealkylation sites (tertiary alicyclic amines) is 1. The van der Waals surface area contributed by atoms with Crippen molar-refractivity contribution in [3.63, 3.8) is 0 Å². The van der Waals surface area contributed by atoms with E-state index in [0.29, 0.717) is 12.3 Å². The summed E-state index contributed by atoms with van der Waals surface area (Å²) in [5.74, 6) is -0.247. The molecule has 0 spiro atoms. The molecule has 1 unspecified atom stereocenters. The van der Waals surface area contributed by atoms with E-state index in [0.717, 1.165) is 19.5 Å². The third kappa shape index (κ3) is 5.50. The third-order valence-electron chi connectivity index (χ3n) is 3.41. The second-order valence-electron chi connectivity index (χ2n) is 4.97. The Hall–Kier alpha value is -0.570. The van der Waals surface area contributed by atoms with Gasteiger partial charge in [-0.2, -0.15) is 0 Å². The lowest BCUT2D eigenvalue weighted by Crippen LogP contribution is -2.22. The van der Waals surface area contributed by atoms with Crippen LogP contribution >= 0.6 is 0 Å². The molecule has 1 fully saturated rings. The minimum absolute atomic E-state index is 0.354. The van der Waals surface area contributed by atoms with Gasteiger partial charge in [-0.25, -0.2) is 0 Å². The Morgan fingerprint density at radius 2 is 2.06 bits per heavy atom. The first-order valence-electron chi connectivity index (χ1n) is 6.66. The highest BCUT2D eigenvalue weighted by atomic mass is 16.4. The molecular formula is C13H25NO2. The molecule has 1 atom stereocenters. The van der Waals surface area contributed by atoms with E-state index in [1.54, 1.807) is 0 Å². The van der Waals surface area contributed by atoms with Crippen LogP contribution in [0.3, 0.4) is 0 Å². The zero-order chi connectivity index (χ0) is 11.8. The van der Waals surface area contributed by atoms with Crippen LogP contribution in [0.25, 0.3) is 0 Å². The second-order valence-corrected chi connectivity index (χ2v) is 4.97. The Labute approximate surface area is 98.8 Å². The highest BCUT2D eigenvalue weighted by Gasteiger charge is 2.23. The molecule has 0 aromatic carbocycles. The molecule has 1 rings (SSSR count). The smallest absolute Gasteiger partial charge is 0.303 e. The summed E-state index contributed by atoms with van der Waals surface area (Å²) in [5, 5.41) is 8.71. The van der Waals surface area contributed by atoms with Gasteiger partial charge in [0.25, 0.3) is 0 Å². The number of carboxylic acid groups (broad SMARTS) is 1. The number of rotatable bonds is 8. The molecule has 0 saturated carbocycles. The summed E-state index contributed by atoms with van der Waals surface area (Å²) in [5.41, 5.74) is 0. The highest BCUT2D eigenvalue weighted by molar-refractivity contribution is 5.67. The Kier molecular flexibility index (Phi) is 6.46. The van der Waals surface area contributed by atoms with Crippen LogP contribution in [-0.2, 0) is 4.79 Å². The van der Waals surface area contributed by atoms with Crippen LogP contribution in [0.2, 0.25) is 0 Å². The largest absolute Gasteiger partial charge is 0.481 e. The molecule has 0 amide bonds. The fraction of sp³-hybridized carbons (Fsp3) is 0.923. The number of carbonyl (C=O) groups is 1. The molecule has 0 aliphatic carbocycles. The van der Waals surface area contributed by atoms with Crippen molar-refractivity contribution in [3.05, 3.63) is 0 Å². The van der Waals surface area contributed by atoms with Gasteiger partial charge < -0.3 is 10.0 Å². The fourth-order valence-electron chi connectivity index (χ4n) is 2.47. The van der Waals surface area contributed by atoms with Crippen LogP contribution in [0.1, 0.15) is 51.9 Å². The van der Waals surface area contributed by atoms with Crippen molar-refractivity contribution in [2.45, 2.75) is 51.9 Å². The molecule has 1 saturated heterocycles. The molecule has 0 aromatic heterocycles. The maximum absolute atomic E-state index is 10.6. The Morgan fingerprint density at radius 1 is 1.31 bits per heavy atom. The van der Waals surface area contributed by atoms with Crippen LogP contribution in [0.4, 0.5) is 0 Å². The van der Waals surface area contributed by atoms with E-state index in [4.69, 9.17) is 5.11 Å². The van der Waals surface area contributed by atoms with Crippen molar-refractivity contribution < 1.29 is 9.90 Å². The van der Waals surface area contributed by atoms with Gasteiger partial charge in [0.2, 0.25) is 0 Å². The van der Waals surface area contributed by atoms with Gasteiger partial charge in [-0.15, -0.1) is 0 Å². The topological polar surface area (TPSA) is 40.5 Å². The van der Waals surface area contributed by atoms with E-state index in [1.165, 1.54) is 38.6 Å². The molecule has 3 heteroatoms. The van der Waals surface area contributed by atoms with E-state index in [2.05, 4.69) is 11.8 Å². The van der Waals surface area contributed by atoms with Gasteiger partial charge in [-0.05, 0) is 31.8 Å². The predicted octanol–water partition coefficient (Wildman–Crippen LogP) is 2.75. The first kappa shape index (κ1) is 13.5. The number of hydrogen-bond acceptors (Lipinski definition) is 2. The van der Waals surface area contributed by atoms with Gasteiger partial charge in [-0.3, -0.25) is 4.79 Å². The Morgan fingerprint density at radius 3 is 2.75 bits per heavy atom. The minimum atomic E-state index is -0.644. The molecule has 1 N–H and O–H groups in total. The minimum Gasteiger partial charge on any atom is -0.481 e. The number of carboxylic acids is 1. The van der Waals surface area contributed by atoms with Crippen molar-refractivity contribution in [2.75, 3.05) is 19.6 Å². The van der Waals surface area contributed by atoms with Crippen LogP contribution in [0.15, 0.2) is 0 Å². The predicted molar refractivity (Wildman–Crippen MR) is 65.6 cm³/mol. The van der Waals surface area contributed by atoms with E-state index in [1.807, 2.05) is 0 Å². The summed E-state index contributed by atoms with van der Waals surface area (Å²) in [6.45, 7) is 5.50. The maximum atomic E-state index is 10.6. The molecule has 1 heterocycles. The molecule has 1 aliphatic rings. The summed E-state index contributed by atoms with van der Waals surface area (Å²) < 4.78 is 0. The van der Waals surface area contributed by atoms with Crippen LogP contribution in [-0.4, -0.2) is 35.6 Å². The van der Waals surface area contributed by atoms with Crippen molar-refractivity contribution in [1.82, 2.24) is 4.90 Å². The van der Waals surface area contributed by atoms with Crippen molar-refractivity contribution in [1.29, 1.82) is 0 Å². The van der Waals surface area contributed by atoms with E-state index >= 15 is 0 Å². The van der Waals surface area contributed by atoms with Crippen LogP contribution in [0, 0.1) is 5.92 Å². The zero-order valence-electron chi connectivity index (χ0n) is 10.5. The summed E-state index contributed by atoms with van der Waals surface area (Å²) in [7, 11) is 0. The Balaban J connectivity index is 2.01. The second kappa shape index (κ2) is 7.66. The number of unbranched alkanes of at least 4 members (excludes halogenated alkanes) is 4. The molecule has 0 radical (unpaired) electrons. The summed E-state index contributed by atoms with van der Waals surface area (Å²) in [4.78, 5) is 13.0. The zero-order valence-corrected chi connectivity index (χ0v) is 10.5. The first-order chi connectivity index (χ1) is 7.72. The maximum Gasteiger partial charge on any atom is 0.303 e. The molecule has 16 heavy (non-hydrogen) atoms. The van der Waals surface area contributed by atoms with Gasteiger partial charge in [0.15, 0.2) is 0 Å². The fourth-order valence-corrected chi connectivity index (χ4v) is 2.47. The Bertz CT molecular complexity index is 206. The standard InChI is InChI=1S/C13H25NO2/c1-2-3-4-5-6-8-14-9-7-12(11-14)10-13(15)16/h12H,2-11H2,1H3,(H,15,16). The summed E-state index contributed by atoms with van der Waals surface area (Å²) in [6.07, 6.45) is 8.02. The lowest BCUT2D eigenvalue weighted by atomic mass is 10.1.